The number of hydrogen-bond acceptors (Lipinski definition) is 9. The van der Waals surface area contributed by atoms with Crippen LogP contribution in [-0.4, -0.2) is 49.8 Å². The van der Waals surface area contributed by atoms with Crippen LogP contribution in [0.1, 0.15) is 67.2 Å². The third-order valence-electron chi connectivity index (χ3n) is 5.65. The monoisotopic (exact) mass is 510 g/mol. The Morgan fingerprint density at radius 3 is 2.49 bits per heavy atom. The molecule has 0 aliphatic carbocycles. The quantitative estimate of drug-likeness (QED) is 0.457. The van der Waals surface area contributed by atoms with Gasteiger partial charge in [0.15, 0.2) is 23.1 Å². The number of benzene rings is 1. The van der Waals surface area contributed by atoms with Gasteiger partial charge in [-0.15, -0.1) is 5.10 Å². The molecule has 2 N–H and O–H groups in total. The van der Waals surface area contributed by atoms with Gasteiger partial charge in [0.25, 0.3) is 5.78 Å². The number of ether oxygens (including phenoxy) is 3. The highest BCUT2D eigenvalue weighted by Gasteiger charge is 2.21. The standard InChI is InChI=1S/C25H30N6O6/c1-13-16(7-8-22(33)28-18-10-20-19(35-12-36-20)9-17(18)15(3)32)14(2)31-23(27-13)29-21(30-31)11-26-24(34)37-25(4,5)6/h9-10H,7-8,11-12H2,1-6H3,(H,26,34)(H,28,33). The second-order valence-electron chi connectivity index (χ2n) is 9.71. The highest BCUT2D eigenvalue weighted by molar-refractivity contribution is 6.04. The highest BCUT2D eigenvalue weighted by Crippen LogP contribution is 2.37. The molecule has 0 spiro atoms. The average molecular weight is 511 g/mol. The molecule has 1 aliphatic heterocycles. The lowest BCUT2D eigenvalue weighted by Gasteiger charge is -2.19. The van der Waals surface area contributed by atoms with Crippen molar-refractivity contribution in [2.45, 2.75) is 66.5 Å². The van der Waals surface area contributed by atoms with E-state index < -0.39 is 11.7 Å². The molecule has 0 radical (unpaired) electrons. The first kappa shape index (κ1) is 25.9. The fraction of sp³-hybridized carbons (Fsp3) is 0.440. The van der Waals surface area contributed by atoms with E-state index in [1.807, 2.05) is 13.8 Å². The fourth-order valence-corrected chi connectivity index (χ4v) is 3.94. The van der Waals surface area contributed by atoms with E-state index in [9.17, 15) is 14.4 Å². The molecule has 1 aromatic carbocycles. The lowest BCUT2D eigenvalue weighted by molar-refractivity contribution is -0.116. The molecule has 3 aromatic rings. The zero-order chi connectivity index (χ0) is 26.9. The highest BCUT2D eigenvalue weighted by atomic mass is 16.7. The van der Waals surface area contributed by atoms with Gasteiger partial charge in [0.2, 0.25) is 12.7 Å². The second-order valence-corrected chi connectivity index (χ2v) is 9.71. The zero-order valence-electron chi connectivity index (χ0n) is 21.7. The Balaban J connectivity index is 1.45. The Hall–Kier alpha value is -4.22. The number of aryl methyl sites for hydroxylation is 2. The van der Waals surface area contributed by atoms with Gasteiger partial charge in [-0.3, -0.25) is 9.59 Å². The van der Waals surface area contributed by atoms with Gasteiger partial charge >= 0.3 is 6.09 Å². The van der Waals surface area contributed by atoms with Crippen molar-refractivity contribution in [1.82, 2.24) is 24.9 Å². The molecule has 4 rings (SSSR count). The van der Waals surface area contributed by atoms with Crippen molar-refractivity contribution in [2.24, 2.45) is 0 Å². The molecule has 3 heterocycles. The fourth-order valence-electron chi connectivity index (χ4n) is 3.94. The molecular formula is C25H30N6O6. The number of fused-ring (bicyclic) bond motifs is 2. The summed E-state index contributed by atoms with van der Waals surface area (Å²) in [5.74, 6) is 1.28. The second kappa shape index (κ2) is 10.0. The Morgan fingerprint density at radius 1 is 1.11 bits per heavy atom. The molecule has 0 saturated carbocycles. The molecule has 0 fully saturated rings. The summed E-state index contributed by atoms with van der Waals surface area (Å²) in [6.45, 7) is 10.7. The van der Waals surface area contributed by atoms with E-state index in [0.717, 1.165) is 17.0 Å². The summed E-state index contributed by atoms with van der Waals surface area (Å²) < 4.78 is 17.5. The molecular weight excluding hydrogens is 480 g/mol. The number of hydrogen-bond donors (Lipinski definition) is 2. The summed E-state index contributed by atoms with van der Waals surface area (Å²) in [5.41, 5.74) is 2.49. The van der Waals surface area contributed by atoms with Crippen molar-refractivity contribution in [3.63, 3.8) is 0 Å². The number of amides is 2. The van der Waals surface area contributed by atoms with E-state index in [-0.39, 0.29) is 31.4 Å². The Morgan fingerprint density at radius 2 is 1.81 bits per heavy atom. The van der Waals surface area contributed by atoms with Crippen LogP contribution in [0, 0.1) is 13.8 Å². The lowest BCUT2D eigenvalue weighted by Crippen LogP contribution is -2.32. The summed E-state index contributed by atoms with van der Waals surface area (Å²) in [6, 6.07) is 3.18. The largest absolute Gasteiger partial charge is 0.454 e. The van der Waals surface area contributed by atoms with Crippen LogP contribution in [0.2, 0.25) is 0 Å². The number of carbonyl (C=O) groups excluding carboxylic acids is 3. The first-order chi connectivity index (χ1) is 17.4. The maximum Gasteiger partial charge on any atom is 0.408 e. The van der Waals surface area contributed by atoms with Gasteiger partial charge in [0.1, 0.15) is 5.60 Å². The molecule has 1 aliphatic rings. The predicted molar refractivity (Wildman–Crippen MR) is 133 cm³/mol. The van der Waals surface area contributed by atoms with Crippen LogP contribution in [0.25, 0.3) is 5.78 Å². The van der Waals surface area contributed by atoms with Crippen molar-refractivity contribution in [3.8, 4) is 11.5 Å². The van der Waals surface area contributed by atoms with Crippen molar-refractivity contribution in [3.05, 3.63) is 40.5 Å². The maximum atomic E-state index is 12.8. The number of rotatable bonds is 7. The normalized spacial score (nSPS) is 12.5. The molecule has 2 amide bonds. The van der Waals surface area contributed by atoms with Crippen LogP contribution in [0.3, 0.4) is 0 Å². The predicted octanol–water partition coefficient (Wildman–Crippen LogP) is 3.27. The van der Waals surface area contributed by atoms with E-state index in [1.54, 1.807) is 37.4 Å². The smallest absolute Gasteiger partial charge is 0.408 e. The summed E-state index contributed by atoms with van der Waals surface area (Å²) in [5, 5.41) is 9.90. The van der Waals surface area contributed by atoms with Crippen LogP contribution < -0.4 is 20.1 Å². The first-order valence-corrected chi connectivity index (χ1v) is 11.8. The van der Waals surface area contributed by atoms with E-state index in [1.165, 1.54) is 6.92 Å². The minimum Gasteiger partial charge on any atom is -0.454 e. The summed E-state index contributed by atoms with van der Waals surface area (Å²) in [4.78, 5) is 45.7. The summed E-state index contributed by atoms with van der Waals surface area (Å²) in [7, 11) is 0. The summed E-state index contributed by atoms with van der Waals surface area (Å²) in [6.07, 6.45) is -0.00511. The summed E-state index contributed by atoms with van der Waals surface area (Å²) >= 11 is 0. The number of carbonyl (C=O) groups is 3. The Kier molecular flexibility index (Phi) is 7.01. The molecule has 12 nitrogen and oxygen atoms in total. The Bertz CT molecular complexity index is 1390. The molecule has 0 bridgehead atoms. The third kappa shape index (κ3) is 5.96. The number of aromatic nitrogens is 4. The van der Waals surface area contributed by atoms with Crippen molar-refractivity contribution >= 4 is 29.2 Å². The minimum atomic E-state index is -0.608. The molecule has 0 atom stereocenters. The lowest BCUT2D eigenvalue weighted by atomic mass is 10.1. The minimum absolute atomic E-state index is 0.0686. The third-order valence-corrected chi connectivity index (χ3v) is 5.65. The van der Waals surface area contributed by atoms with Gasteiger partial charge in [-0.25, -0.2) is 14.3 Å². The van der Waals surface area contributed by atoms with Crippen LogP contribution in [0.15, 0.2) is 12.1 Å². The molecule has 12 heteroatoms. The van der Waals surface area contributed by atoms with Crippen LogP contribution in [0.4, 0.5) is 10.5 Å². The topological polar surface area (TPSA) is 146 Å². The van der Waals surface area contributed by atoms with Gasteiger partial charge in [-0.2, -0.15) is 4.98 Å². The number of alkyl carbamates (subject to hydrolysis) is 1. The van der Waals surface area contributed by atoms with Gasteiger partial charge in [-0.05, 0) is 59.6 Å². The van der Waals surface area contributed by atoms with E-state index in [4.69, 9.17) is 14.2 Å². The van der Waals surface area contributed by atoms with Gasteiger partial charge < -0.3 is 24.8 Å². The molecule has 0 unspecified atom stereocenters. The first-order valence-electron chi connectivity index (χ1n) is 11.8. The number of nitrogens with zero attached hydrogens (tertiary/aromatic N) is 4. The number of nitrogens with one attached hydrogen (secondary N) is 2. The molecule has 2 aromatic heterocycles. The number of Topliss-reactive ketones (excluding diaryl/α,β-unsaturated/α-hetero) is 1. The van der Waals surface area contributed by atoms with Crippen molar-refractivity contribution in [1.29, 1.82) is 0 Å². The van der Waals surface area contributed by atoms with Crippen molar-refractivity contribution in [2.75, 3.05) is 12.1 Å². The van der Waals surface area contributed by atoms with E-state index in [2.05, 4.69) is 25.7 Å². The molecule has 196 valence electrons. The Labute approximate surface area is 213 Å². The van der Waals surface area contributed by atoms with Crippen LogP contribution in [0.5, 0.6) is 11.5 Å². The van der Waals surface area contributed by atoms with Crippen molar-refractivity contribution < 1.29 is 28.6 Å². The maximum absolute atomic E-state index is 12.8. The van der Waals surface area contributed by atoms with Gasteiger partial charge in [0, 0.05) is 29.4 Å². The van der Waals surface area contributed by atoms with Crippen LogP contribution in [-0.2, 0) is 22.5 Å². The van der Waals surface area contributed by atoms with Crippen LogP contribution >= 0.6 is 0 Å². The SMILES string of the molecule is CC(=O)c1cc2c(cc1NC(=O)CCc1c(C)nc3nc(CNC(=O)OC(C)(C)C)nn3c1C)OCO2. The average Bonchev–Trinajstić information content (AvgIpc) is 3.42. The van der Waals surface area contributed by atoms with E-state index in [0.29, 0.717) is 40.8 Å². The van der Waals surface area contributed by atoms with Gasteiger partial charge in [0.05, 0.1) is 12.2 Å². The van der Waals surface area contributed by atoms with E-state index >= 15 is 0 Å². The van der Waals surface area contributed by atoms with Gasteiger partial charge in [-0.1, -0.05) is 0 Å². The molecule has 0 saturated heterocycles. The zero-order valence-corrected chi connectivity index (χ0v) is 21.7. The number of ketones is 1. The molecule has 37 heavy (non-hydrogen) atoms. The number of anilines is 1.